The summed E-state index contributed by atoms with van der Waals surface area (Å²) in [7, 11) is 1.96. The minimum atomic E-state index is -0.967. The lowest BCUT2D eigenvalue weighted by Crippen LogP contribution is -2.23. The smallest absolute Gasteiger partial charge is 0.303 e. The van der Waals surface area contributed by atoms with E-state index in [1.165, 1.54) is 0 Å². The van der Waals surface area contributed by atoms with Gasteiger partial charge in [-0.1, -0.05) is 6.07 Å². The molecule has 20 heavy (non-hydrogen) atoms. The molecule has 0 unspecified atom stereocenters. The van der Waals surface area contributed by atoms with Gasteiger partial charge in [0.1, 0.15) is 5.82 Å². The van der Waals surface area contributed by atoms with Crippen LogP contribution in [0.1, 0.15) is 24.2 Å². The van der Waals surface area contributed by atoms with Gasteiger partial charge >= 0.3 is 5.97 Å². The van der Waals surface area contributed by atoms with Crippen LogP contribution in [-0.4, -0.2) is 26.5 Å². The number of rotatable bonds is 5. The molecule has 2 rings (SSSR count). The molecule has 0 spiro atoms. The van der Waals surface area contributed by atoms with Crippen LogP contribution in [0.4, 0.5) is 0 Å². The molecule has 1 aromatic heterocycles. The normalized spacial score (nSPS) is 10.7. The summed E-state index contributed by atoms with van der Waals surface area (Å²) in [5, 5.41) is 11.2. The molecule has 0 atom stereocenters. The molecular weight excluding hydrogens is 258 g/mol. The highest BCUT2D eigenvalue weighted by molar-refractivity contribution is 5.81. The zero-order chi connectivity index (χ0) is 14.7. The molecule has 6 nitrogen and oxygen atoms in total. The van der Waals surface area contributed by atoms with Crippen LogP contribution in [0.3, 0.4) is 0 Å². The van der Waals surface area contributed by atoms with Crippen LogP contribution in [0.2, 0.25) is 0 Å². The maximum atomic E-state index is 11.4. The molecule has 0 bridgehead atoms. The summed E-state index contributed by atoms with van der Waals surface area (Å²) in [6.45, 7) is 2.32. The van der Waals surface area contributed by atoms with E-state index >= 15 is 0 Å². The average molecular weight is 275 g/mol. The second kappa shape index (κ2) is 5.73. The van der Waals surface area contributed by atoms with Gasteiger partial charge in [0.2, 0.25) is 5.91 Å². The van der Waals surface area contributed by atoms with Crippen molar-refractivity contribution < 1.29 is 14.7 Å². The van der Waals surface area contributed by atoms with Crippen molar-refractivity contribution in [3.63, 3.8) is 0 Å². The first kappa shape index (κ1) is 14.0. The summed E-state index contributed by atoms with van der Waals surface area (Å²) in [6.07, 6.45) is -0.148. The van der Waals surface area contributed by atoms with Gasteiger partial charge in [-0.15, -0.1) is 0 Å². The van der Waals surface area contributed by atoms with E-state index in [0.29, 0.717) is 6.54 Å². The highest BCUT2D eigenvalue weighted by Crippen LogP contribution is 2.16. The second-order valence-electron chi connectivity index (χ2n) is 4.71. The zero-order valence-electron chi connectivity index (χ0n) is 11.5. The van der Waals surface area contributed by atoms with Crippen molar-refractivity contribution >= 4 is 22.9 Å². The third kappa shape index (κ3) is 3.14. The van der Waals surface area contributed by atoms with Crippen molar-refractivity contribution in [2.45, 2.75) is 26.3 Å². The van der Waals surface area contributed by atoms with Crippen LogP contribution in [0.25, 0.3) is 11.0 Å². The van der Waals surface area contributed by atoms with E-state index in [1.54, 1.807) is 0 Å². The molecule has 0 aliphatic carbocycles. The second-order valence-corrected chi connectivity index (χ2v) is 4.71. The molecule has 1 aromatic carbocycles. The van der Waals surface area contributed by atoms with E-state index in [0.717, 1.165) is 22.4 Å². The third-order valence-electron chi connectivity index (χ3n) is 3.22. The molecular formula is C14H17N3O3. The minimum Gasteiger partial charge on any atom is -0.481 e. The molecule has 106 valence electrons. The number of carboxylic acids is 1. The predicted octanol–water partition coefficient (Wildman–Crippen LogP) is 1.36. The Labute approximate surface area is 116 Å². The Morgan fingerprint density at radius 2 is 2.10 bits per heavy atom. The first-order valence-electron chi connectivity index (χ1n) is 6.38. The maximum Gasteiger partial charge on any atom is 0.303 e. The number of carbonyl (C=O) groups excluding carboxylic acids is 1. The number of hydrogen-bond acceptors (Lipinski definition) is 3. The Morgan fingerprint density at radius 1 is 1.35 bits per heavy atom. The Kier molecular flexibility index (Phi) is 4.02. The number of carboxylic acid groups (broad SMARTS) is 1. The van der Waals surface area contributed by atoms with Gasteiger partial charge in [-0.2, -0.15) is 0 Å². The van der Waals surface area contributed by atoms with E-state index in [4.69, 9.17) is 5.11 Å². The first-order valence-corrected chi connectivity index (χ1v) is 6.38. The van der Waals surface area contributed by atoms with Crippen LogP contribution >= 0.6 is 0 Å². The molecule has 0 saturated heterocycles. The van der Waals surface area contributed by atoms with Crippen molar-refractivity contribution in [1.82, 2.24) is 14.9 Å². The number of benzene rings is 1. The number of aromatic nitrogens is 2. The number of carbonyl (C=O) groups is 2. The number of aryl methyl sites for hydroxylation is 2. The summed E-state index contributed by atoms with van der Waals surface area (Å²) >= 11 is 0. The molecule has 0 saturated carbocycles. The van der Waals surface area contributed by atoms with Crippen LogP contribution in [0.15, 0.2) is 18.2 Å². The number of nitrogens with zero attached hydrogens (tertiary/aromatic N) is 2. The fraction of sp³-hybridized carbons (Fsp3) is 0.357. The van der Waals surface area contributed by atoms with Crippen LogP contribution < -0.4 is 5.32 Å². The van der Waals surface area contributed by atoms with E-state index in [2.05, 4.69) is 10.3 Å². The Balaban J connectivity index is 2.00. The first-order chi connectivity index (χ1) is 9.47. The number of imidazole rings is 1. The van der Waals surface area contributed by atoms with Gasteiger partial charge in [0.15, 0.2) is 0 Å². The molecule has 0 radical (unpaired) electrons. The van der Waals surface area contributed by atoms with Crippen molar-refractivity contribution in [2.24, 2.45) is 7.05 Å². The Morgan fingerprint density at radius 3 is 2.80 bits per heavy atom. The summed E-state index contributed by atoms with van der Waals surface area (Å²) < 4.78 is 2.00. The van der Waals surface area contributed by atoms with E-state index in [9.17, 15) is 9.59 Å². The van der Waals surface area contributed by atoms with Crippen molar-refractivity contribution in [3.8, 4) is 0 Å². The van der Waals surface area contributed by atoms with Gasteiger partial charge in [-0.05, 0) is 24.6 Å². The SMILES string of the molecule is Cc1nc2cc(CNC(=O)CCC(=O)O)ccc2n1C. The number of hydrogen-bond donors (Lipinski definition) is 2. The predicted molar refractivity (Wildman–Crippen MR) is 74.2 cm³/mol. The average Bonchev–Trinajstić information content (AvgIpc) is 2.69. The number of amides is 1. The summed E-state index contributed by atoms with van der Waals surface area (Å²) in [6, 6.07) is 5.83. The molecule has 1 amide bonds. The Hall–Kier alpha value is -2.37. The fourth-order valence-electron chi connectivity index (χ4n) is 1.99. The van der Waals surface area contributed by atoms with Crippen molar-refractivity contribution in [3.05, 3.63) is 29.6 Å². The lowest BCUT2D eigenvalue weighted by Gasteiger charge is -2.05. The van der Waals surface area contributed by atoms with Gasteiger partial charge in [0.25, 0.3) is 0 Å². The van der Waals surface area contributed by atoms with Crippen molar-refractivity contribution in [1.29, 1.82) is 0 Å². The standard InChI is InChI=1S/C14H17N3O3/c1-9-16-11-7-10(3-4-12(11)17(9)2)8-15-13(18)5-6-14(19)20/h3-4,7H,5-6,8H2,1-2H3,(H,15,18)(H,19,20). The third-order valence-corrected chi connectivity index (χ3v) is 3.22. The molecule has 0 aliphatic heterocycles. The number of aliphatic carboxylic acids is 1. The summed E-state index contributed by atoms with van der Waals surface area (Å²) in [5.41, 5.74) is 2.88. The molecule has 2 aromatic rings. The number of nitrogens with one attached hydrogen (secondary N) is 1. The lowest BCUT2D eigenvalue weighted by molar-refractivity contribution is -0.138. The van der Waals surface area contributed by atoms with E-state index in [1.807, 2.05) is 36.7 Å². The monoisotopic (exact) mass is 275 g/mol. The molecule has 6 heteroatoms. The minimum absolute atomic E-state index is 0.000271. The largest absolute Gasteiger partial charge is 0.481 e. The highest BCUT2D eigenvalue weighted by atomic mass is 16.4. The van der Waals surface area contributed by atoms with E-state index < -0.39 is 5.97 Å². The van der Waals surface area contributed by atoms with Crippen molar-refractivity contribution in [2.75, 3.05) is 0 Å². The van der Waals surface area contributed by atoms with Crippen LogP contribution in [0, 0.1) is 6.92 Å². The quantitative estimate of drug-likeness (QED) is 0.863. The summed E-state index contributed by atoms with van der Waals surface area (Å²) in [4.78, 5) is 26.2. The maximum absolute atomic E-state index is 11.4. The fourth-order valence-corrected chi connectivity index (χ4v) is 1.99. The van der Waals surface area contributed by atoms with Gasteiger partial charge in [0.05, 0.1) is 17.5 Å². The van der Waals surface area contributed by atoms with Gasteiger partial charge < -0.3 is 15.0 Å². The van der Waals surface area contributed by atoms with Gasteiger partial charge in [-0.3, -0.25) is 9.59 Å². The summed E-state index contributed by atoms with van der Waals surface area (Å²) in [5.74, 6) is -0.294. The molecule has 0 fully saturated rings. The topological polar surface area (TPSA) is 84.2 Å². The van der Waals surface area contributed by atoms with Crippen LogP contribution in [-0.2, 0) is 23.2 Å². The zero-order valence-corrected chi connectivity index (χ0v) is 11.5. The Bertz CT molecular complexity index is 661. The molecule has 1 heterocycles. The van der Waals surface area contributed by atoms with E-state index in [-0.39, 0.29) is 18.7 Å². The van der Waals surface area contributed by atoms with Crippen LogP contribution in [0.5, 0.6) is 0 Å². The lowest BCUT2D eigenvalue weighted by atomic mass is 10.2. The molecule has 2 N–H and O–H groups in total. The van der Waals surface area contributed by atoms with Gasteiger partial charge in [-0.25, -0.2) is 4.98 Å². The molecule has 0 aliphatic rings. The number of fused-ring (bicyclic) bond motifs is 1. The van der Waals surface area contributed by atoms with Gasteiger partial charge in [0, 0.05) is 20.0 Å². The highest BCUT2D eigenvalue weighted by Gasteiger charge is 2.07.